The van der Waals surface area contributed by atoms with Gasteiger partial charge in [-0.2, -0.15) is 0 Å². The second-order valence-electron chi connectivity index (χ2n) is 8.16. The first-order chi connectivity index (χ1) is 12.5. The van der Waals surface area contributed by atoms with Gasteiger partial charge in [-0.25, -0.2) is 13.4 Å². The van der Waals surface area contributed by atoms with E-state index in [2.05, 4.69) is 15.6 Å². The van der Waals surface area contributed by atoms with Gasteiger partial charge in [-0.05, 0) is 51.0 Å². The Morgan fingerprint density at radius 3 is 2.73 bits per heavy atom. The number of nitrogens with zero attached hydrogens (tertiary/aromatic N) is 1. The van der Waals surface area contributed by atoms with Crippen LogP contribution in [0.25, 0.3) is 0 Å². The molecule has 0 radical (unpaired) electrons. The summed E-state index contributed by atoms with van der Waals surface area (Å²) in [5.41, 5.74) is 0. The van der Waals surface area contributed by atoms with Crippen molar-refractivity contribution in [3.05, 3.63) is 16.6 Å². The van der Waals surface area contributed by atoms with E-state index >= 15 is 0 Å². The molecule has 1 atom stereocenters. The van der Waals surface area contributed by atoms with Crippen molar-refractivity contribution in [3.63, 3.8) is 0 Å². The third kappa shape index (κ3) is 3.55. The molecule has 0 aromatic carbocycles. The standard InChI is InChI=1S/C18H27N3O3S2/c22-17(14-2-1-3-14)21-15-4-7-26(23,24)18(10-15)8-13(9-18)11-19-12-16-20-5-6-25-16/h5-6,13-15,19H,1-4,7-12H2,(H,21,22). The van der Waals surface area contributed by atoms with Crippen molar-refractivity contribution in [2.75, 3.05) is 12.3 Å². The van der Waals surface area contributed by atoms with E-state index in [-0.39, 0.29) is 23.6 Å². The van der Waals surface area contributed by atoms with Gasteiger partial charge in [0.2, 0.25) is 5.91 Å². The number of hydrogen-bond acceptors (Lipinski definition) is 6. The minimum atomic E-state index is -3.06. The number of amides is 1. The lowest BCUT2D eigenvalue weighted by Gasteiger charge is -2.51. The van der Waals surface area contributed by atoms with E-state index < -0.39 is 14.6 Å². The van der Waals surface area contributed by atoms with Crippen LogP contribution in [0.5, 0.6) is 0 Å². The molecule has 2 heterocycles. The fourth-order valence-electron chi connectivity index (χ4n) is 4.59. The summed E-state index contributed by atoms with van der Waals surface area (Å²) in [4.78, 5) is 16.5. The zero-order chi connectivity index (χ0) is 18.2. The van der Waals surface area contributed by atoms with Gasteiger partial charge < -0.3 is 10.6 Å². The maximum absolute atomic E-state index is 12.7. The van der Waals surface area contributed by atoms with Gasteiger partial charge in [0.05, 0.1) is 10.5 Å². The maximum atomic E-state index is 12.7. The monoisotopic (exact) mass is 397 g/mol. The Morgan fingerprint density at radius 2 is 2.08 bits per heavy atom. The van der Waals surface area contributed by atoms with Gasteiger partial charge in [0, 0.05) is 30.1 Å². The topological polar surface area (TPSA) is 88.2 Å². The first-order valence-corrected chi connectivity index (χ1v) is 12.1. The Balaban J connectivity index is 1.29. The quantitative estimate of drug-likeness (QED) is 0.765. The molecule has 144 valence electrons. The average molecular weight is 398 g/mol. The van der Waals surface area contributed by atoms with E-state index in [1.165, 1.54) is 0 Å². The van der Waals surface area contributed by atoms with Gasteiger partial charge in [0.25, 0.3) is 0 Å². The summed E-state index contributed by atoms with van der Waals surface area (Å²) in [7, 11) is -3.06. The van der Waals surface area contributed by atoms with Gasteiger partial charge in [0.15, 0.2) is 9.84 Å². The molecule has 26 heavy (non-hydrogen) atoms. The minimum absolute atomic E-state index is 0.0239. The highest BCUT2D eigenvalue weighted by atomic mass is 32.2. The molecule has 2 aliphatic carbocycles. The second-order valence-corrected chi connectivity index (χ2v) is 11.6. The van der Waals surface area contributed by atoms with Crippen molar-refractivity contribution in [1.82, 2.24) is 15.6 Å². The van der Waals surface area contributed by atoms with E-state index in [9.17, 15) is 13.2 Å². The van der Waals surface area contributed by atoms with Crippen molar-refractivity contribution in [2.24, 2.45) is 11.8 Å². The molecule has 6 nitrogen and oxygen atoms in total. The molecule has 2 N–H and O–H groups in total. The van der Waals surface area contributed by atoms with Crippen LogP contribution in [-0.2, 0) is 21.2 Å². The molecule has 1 aliphatic heterocycles. The van der Waals surface area contributed by atoms with Crippen LogP contribution in [0, 0.1) is 11.8 Å². The molecule has 3 aliphatic rings. The fourth-order valence-corrected chi connectivity index (χ4v) is 7.63. The molecule has 1 amide bonds. The van der Waals surface area contributed by atoms with Crippen LogP contribution in [0.15, 0.2) is 11.6 Å². The molecule has 1 aromatic rings. The summed E-state index contributed by atoms with van der Waals surface area (Å²) < 4.78 is 24.8. The number of sulfone groups is 1. The Bertz CT molecular complexity index is 738. The largest absolute Gasteiger partial charge is 0.353 e. The summed E-state index contributed by atoms with van der Waals surface area (Å²) >= 11 is 1.63. The predicted octanol–water partition coefficient (Wildman–Crippen LogP) is 1.87. The number of aromatic nitrogens is 1. The molecule has 4 rings (SSSR count). The SMILES string of the molecule is O=C(NC1CCS(=O)(=O)C2(CC(CNCc3nccs3)C2)C1)C1CCC1. The third-order valence-corrected chi connectivity index (χ3v) is 9.72. The van der Waals surface area contributed by atoms with E-state index in [0.29, 0.717) is 18.8 Å². The summed E-state index contributed by atoms with van der Waals surface area (Å²) in [6.07, 6.45) is 7.49. The average Bonchev–Trinajstić information content (AvgIpc) is 3.00. The van der Waals surface area contributed by atoms with Gasteiger partial charge in [-0.1, -0.05) is 6.42 Å². The zero-order valence-electron chi connectivity index (χ0n) is 14.9. The minimum Gasteiger partial charge on any atom is -0.353 e. The number of rotatable bonds is 6. The normalized spacial score (nSPS) is 33.4. The summed E-state index contributed by atoms with van der Waals surface area (Å²) in [5.74, 6) is 0.901. The molecule has 2 saturated carbocycles. The van der Waals surface area contributed by atoms with Crippen LogP contribution in [-0.4, -0.2) is 42.4 Å². The molecular weight excluding hydrogens is 370 g/mol. The number of carbonyl (C=O) groups excluding carboxylic acids is 1. The predicted molar refractivity (Wildman–Crippen MR) is 102 cm³/mol. The zero-order valence-corrected chi connectivity index (χ0v) is 16.6. The molecule has 1 spiro atoms. The Morgan fingerprint density at radius 1 is 1.27 bits per heavy atom. The van der Waals surface area contributed by atoms with Crippen LogP contribution >= 0.6 is 11.3 Å². The van der Waals surface area contributed by atoms with Crippen LogP contribution in [0.4, 0.5) is 0 Å². The van der Waals surface area contributed by atoms with Crippen LogP contribution in [0.3, 0.4) is 0 Å². The number of thiazole rings is 1. The molecule has 1 aromatic heterocycles. The maximum Gasteiger partial charge on any atom is 0.223 e. The molecule has 1 unspecified atom stereocenters. The van der Waals surface area contributed by atoms with E-state index in [4.69, 9.17) is 0 Å². The van der Waals surface area contributed by atoms with E-state index in [1.54, 1.807) is 17.5 Å². The number of carbonyl (C=O) groups is 1. The highest BCUT2D eigenvalue weighted by Gasteiger charge is 2.56. The first-order valence-electron chi connectivity index (χ1n) is 9.59. The molecular formula is C18H27N3O3S2. The third-order valence-electron chi connectivity index (χ3n) is 6.35. The van der Waals surface area contributed by atoms with Crippen LogP contribution in [0.1, 0.15) is 50.0 Å². The number of nitrogens with one attached hydrogen (secondary N) is 2. The summed E-state index contributed by atoms with van der Waals surface area (Å²) in [5, 5.41) is 9.55. The molecule has 8 heteroatoms. The second kappa shape index (κ2) is 7.20. The molecule has 0 bridgehead atoms. The van der Waals surface area contributed by atoms with Crippen LogP contribution < -0.4 is 10.6 Å². The smallest absolute Gasteiger partial charge is 0.223 e. The highest BCUT2D eigenvalue weighted by Crippen LogP contribution is 2.50. The van der Waals surface area contributed by atoms with Crippen LogP contribution in [0.2, 0.25) is 0 Å². The lowest BCUT2D eigenvalue weighted by atomic mass is 9.70. The van der Waals surface area contributed by atoms with E-state index in [0.717, 1.165) is 50.2 Å². The van der Waals surface area contributed by atoms with Crippen molar-refractivity contribution >= 4 is 27.1 Å². The van der Waals surface area contributed by atoms with Crippen molar-refractivity contribution in [2.45, 2.75) is 62.3 Å². The van der Waals surface area contributed by atoms with Crippen molar-refractivity contribution < 1.29 is 13.2 Å². The lowest BCUT2D eigenvalue weighted by molar-refractivity contribution is -0.128. The van der Waals surface area contributed by atoms with Gasteiger partial charge in [-0.15, -0.1) is 11.3 Å². The highest BCUT2D eigenvalue weighted by molar-refractivity contribution is 7.92. The first kappa shape index (κ1) is 18.4. The van der Waals surface area contributed by atoms with Gasteiger partial charge in [0.1, 0.15) is 5.01 Å². The molecule has 3 fully saturated rings. The van der Waals surface area contributed by atoms with Gasteiger partial charge >= 0.3 is 0 Å². The molecule has 1 saturated heterocycles. The lowest BCUT2D eigenvalue weighted by Crippen LogP contribution is -2.60. The summed E-state index contributed by atoms with van der Waals surface area (Å²) in [6, 6.07) is 0.0239. The summed E-state index contributed by atoms with van der Waals surface area (Å²) in [6.45, 7) is 1.57. The van der Waals surface area contributed by atoms with Gasteiger partial charge in [-0.3, -0.25) is 4.79 Å². The van der Waals surface area contributed by atoms with Crippen molar-refractivity contribution in [3.8, 4) is 0 Å². The number of hydrogen-bond donors (Lipinski definition) is 2. The Labute approximate surface area is 159 Å². The van der Waals surface area contributed by atoms with E-state index in [1.807, 2.05) is 5.38 Å². The van der Waals surface area contributed by atoms with Crippen molar-refractivity contribution in [1.29, 1.82) is 0 Å². The fraction of sp³-hybridized carbons (Fsp3) is 0.778. The Kier molecular flexibility index (Phi) is 5.09. The Hall–Kier alpha value is -0.990.